The quantitative estimate of drug-likeness (QED) is 0.727. The van der Waals surface area contributed by atoms with Crippen molar-refractivity contribution in [2.24, 2.45) is 5.73 Å². The highest BCUT2D eigenvalue weighted by Gasteiger charge is 1.95. The van der Waals surface area contributed by atoms with Crippen molar-refractivity contribution in [3.63, 3.8) is 0 Å². The topological polar surface area (TPSA) is 68.0 Å². The number of amides is 1. The second-order valence-corrected chi connectivity index (χ2v) is 3.29. The largest absolute Gasteiger partial charge is 0.370 e. The van der Waals surface area contributed by atoms with Crippen LogP contribution in [-0.2, 0) is 4.79 Å². The van der Waals surface area contributed by atoms with Crippen molar-refractivity contribution in [2.45, 2.75) is 12.8 Å². The number of aromatic nitrogens is 1. The first-order valence-corrected chi connectivity index (χ1v) is 4.70. The zero-order chi connectivity index (χ0) is 10.4. The van der Waals surface area contributed by atoms with Crippen LogP contribution in [0.1, 0.15) is 12.8 Å². The lowest BCUT2D eigenvalue weighted by Crippen LogP contribution is -2.12. The van der Waals surface area contributed by atoms with Crippen molar-refractivity contribution in [2.75, 3.05) is 11.9 Å². The zero-order valence-electron chi connectivity index (χ0n) is 7.66. The minimum absolute atomic E-state index is 0.282. The van der Waals surface area contributed by atoms with E-state index in [4.69, 9.17) is 17.3 Å². The van der Waals surface area contributed by atoms with Gasteiger partial charge in [-0.2, -0.15) is 0 Å². The molecule has 0 spiro atoms. The Morgan fingerprint density at radius 2 is 2.36 bits per heavy atom. The van der Waals surface area contributed by atoms with Crippen molar-refractivity contribution in [3.8, 4) is 0 Å². The zero-order valence-corrected chi connectivity index (χ0v) is 8.42. The molecular formula is C9H12ClN3O. The Morgan fingerprint density at radius 3 is 2.93 bits per heavy atom. The van der Waals surface area contributed by atoms with Gasteiger partial charge in [0, 0.05) is 19.2 Å². The second kappa shape index (κ2) is 5.44. The number of rotatable bonds is 5. The average molecular weight is 214 g/mol. The van der Waals surface area contributed by atoms with E-state index < -0.39 is 0 Å². The summed E-state index contributed by atoms with van der Waals surface area (Å²) in [7, 11) is 0. The predicted molar refractivity (Wildman–Crippen MR) is 56.2 cm³/mol. The van der Waals surface area contributed by atoms with Crippen LogP contribution < -0.4 is 11.1 Å². The number of carbonyl (C=O) groups excluding carboxylic acids is 1. The molecule has 0 aromatic carbocycles. The van der Waals surface area contributed by atoms with Gasteiger partial charge in [0.25, 0.3) is 0 Å². The summed E-state index contributed by atoms with van der Waals surface area (Å²) >= 11 is 5.66. The molecular weight excluding hydrogens is 202 g/mol. The Labute approximate surface area is 87.5 Å². The number of nitrogens with one attached hydrogen (secondary N) is 1. The monoisotopic (exact) mass is 213 g/mol. The number of nitrogens with two attached hydrogens (primary N) is 1. The van der Waals surface area contributed by atoms with Crippen molar-refractivity contribution in [1.29, 1.82) is 0 Å². The third-order valence-corrected chi connectivity index (χ3v) is 1.86. The van der Waals surface area contributed by atoms with E-state index in [2.05, 4.69) is 10.3 Å². The normalized spacial score (nSPS) is 9.79. The molecule has 0 saturated heterocycles. The molecule has 4 nitrogen and oxygen atoms in total. The van der Waals surface area contributed by atoms with E-state index in [0.717, 1.165) is 5.82 Å². The molecule has 0 aliphatic carbocycles. The summed E-state index contributed by atoms with van der Waals surface area (Å²) < 4.78 is 0. The van der Waals surface area contributed by atoms with Gasteiger partial charge in [-0.15, -0.1) is 0 Å². The lowest BCUT2D eigenvalue weighted by Gasteiger charge is -2.03. The van der Waals surface area contributed by atoms with E-state index in [9.17, 15) is 4.79 Å². The number of carbonyl (C=O) groups is 1. The van der Waals surface area contributed by atoms with Crippen LogP contribution in [0, 0.1) is 0 Å². The van der Waals surface area contributed by atoms with Crippen LogP contribution in [0.4, 0.5) is 5.82 Å². The number of anilines is 1. The van der Waals surface area contributed by atoms with Crippen LogP contribution in [0.5, 0.6) is 0 Å². The molecule has 1 aromatic rings. The van der Waals surface area contributed by atoms with Gasteiger partial charge < -0.3 is 11.1 Å². The molecule has 0 radical (unpaired) electrons. The molecule has 14 heavy (non-hydrogen) atoms. The third kappa shape index (κ3) is 4.09. The van der Waals surface area contributed by atoms with Gasteiger partial charge in [-0.1, -0.05) is 11.6 Å². The standard InChI is InChI=1S/C9H12ClN3O/c10-7-3-4-9(13-6-7)12-5-1-2-8(11)14/h3-4,6H,1-2,5H2,(H2,11,14)(H,12,13). The van der Waals surface area contributed by atoms with Crippen LogP contribution >= 0.6 is 11.6 Å². The fourth-order valence-electron chi connectivity index (χ4n) is 0.959. The Morgan fingerprint density at radius 1 is 1.57 bits per heavy atom. The molecule has 0 fully saturated rings. The summed E-state index contributed by atoms with van der Waals surface area (Å²) in [4.78, 5) is 14.5. The number of hydrogen-bond donors (Lipinski definition) is 2. The maximum atomic E-state index is 10.4. The van der Waals surface area contributed by atoms with E-state index in [1.54, 1.807) is 18.3 Å². The summed E-state index contributed by atoms with van der Waals surface area (Å²) in [5, 5.41) is 3.65. The SMILES string of the molecule is NC(=O)CCCNc1ccc(Cl)cn1. The van der Waals surface area contributed by atoms with E-state index in [1.165, 1.54) is 0 Å². The minimum atomic E-state index is -0.282. The van der Waals surface area contributed by atoms with E-state index >= 15 is 0 Å². The fourth-order valence-corrected chi connectivity index (χ4v) is 1.07. The first-order valence-electron chi connectivity index (χ1n) is 4.32. The number of pyridine rings is 1. The molecule has 5 heteroatoms. The van der Waals surface area contributed by atoms with Gasteiger partial charge in [0.05, 0.1) is 5.02 Å². The maximum absolute atomic E-state index is 10.4. The number of primary amides is 1. The molecule has 0 saturated carbocycles. The molecule has 1 heterocycles. The van der Waals surface area contributed by atoms with Gasteiger partial charge >= 0.3 is 0 Å². The fraction of sp³-hybridized carbons (Fsp3) is 0.333. The molecule has 3 N–H and O–H groups in total. The summed E-state index contributed by atoms with van der Waals surface area (Å²) in [6.45, 7) is 0.678. The molecule has 1 rings (SSSR count). The lowest BCUT2D eigenvalue weighted by atomic mass is 10.3. The number of hydrogen-bond acceptors (Lipinski definition) is 3. The molecule has 0 unspecified atom stereocenters. The number of nitrogens with zero attached hydrogens (tertiary/aromatic N) is 1. The van der Waals surface area contributed by atoms with Crippen LogP contribution in [0.25, 0.3) is 0 Å². The summed E-state index contributed by atoms with van der Waals surface area (Å²) in [5.41, 5.74) is 4.99. The van der Waals surface area contributed by atoms with Crippen LogP contribution in [0.3, 0.4) is 0 Å². The van der Waals surface area contributed by atoms with Crippen molar-refractivity contribution in [1.82, 2.24) is 4.98 Å². The van der Waals surface area contributed by atoms with Crippen molar-refractivity contribution < 1.29 is 4.79 Å². The highest BCUT2D eigenvalue weighted by molar-refractivity contribution is 6.30. The smallest absolute Gasteiger partial charge is 0.217 e. The van der Waals surface area contributed by atoms with Crippen LogP contribution in [-0.4, -0.2) is 17.4 Å². The molecule has 1 aromatic heterocycles. The minimum Gasteiger partial charge on any atom is -0.370 e. The lowest BCUT2D eigenvalue weighted by molar-refractivity contribution is -0.118. The first kappa shape index (κ1) is 10.8. The first-order chi connectivity index (χ1) is 6.68. The Bertz CT molecular complexity index is 299. The second-order valence-electron chi connectivity index (χ2n) is 2.86. The van der Waals surface area contributed by atoms with Crippen LogP contribution in [0.2, 0.25) is 5.02 Å². The average Bonchev–Trinajstić information content (AvgIpc) is 2.15. The Kier molecular flexibility index (Phi) is 4.19. The van der Waals surface area contributed by atoms with Gasteiger partial charge in [0.2, 0.25) is 5.91 Å². The highest BCUT2D eigenvalue weighted by Crippen LogP contribution is 2.09. The molecule has 0 bridgehead atoms. The van der Waals surface area contributed by atoms with Gasteiger partial charge in [0.15, 0.2) is 0 Å². The highest BCUT2D eigenvalue weighted by atomic mass is 35.5. The Balaban J connectivity index is 2.25. The van der Waals surface area contributed by atoms with Gasteiger partial charge in [-0.05, 0) is 18.6 Å². The van der Waals surface area contributed by atoms with Crippen molar-refractivity contribution in [3.05, 3.63) is 23.4 Å². The Hall–Kier alpha value is -1.29. The molecule has 0 aliphatic heterocycles. The maximum Gasteiger partial charge on any atom is 0.217 e. The van der Waals surface area contributed by atoms with Crippen molar-refractivity contribution >= 4 is 23.3 Å². The van der Waals surface area contributed by atoms with E-state index in [-0.39, 0.29) is 5.91 Å². The molecule has 0 aliphatic rings. The molecule has 0 atom stereocenters. The van der Waals surface area contributed by atoms with Crippen LogP contribution in [0.15, 0.2) is 18.3 Å². The van der Waals surface area contributed by atoms with E-state index in [1.807, 2.05) is 0 Å². The summed E-state index contributed by atoms with van der Waals surface area (Å²) in [5.74, 6) is 0.467. The summed E-state index contributed by atoms with van der Waals surface area (Å²) in [6.07, 6.45) is 2.66. The van der Waals surface area contributed by atoms with Gasteiger partial charge in [0.1, 0.15) is 5.82 Å². The molecule has 1 amide bonds. The van der Waals surface area contributed by atoms with Gasteiger partial charge in [-0.3, -0.25) is 4.79 Å². The number of halogens is 1. The predicted octanol–water partition coefficient (Wildman–Crippen LogP) is 1.41. The van der Waals surface area contributed by atoms with E-state index in [0.29, 0.717) is 24.4 Å². The molecule has 76 valence electrons. The third-order valence-electron chi connectivity index (χ3n) is 1.63. The van der Waals surface area contributed by atoms with Gasteiger partial charge in [-0.25, -0.2) is 4.98 Å². The summed E-state index contributed by atoms with van der Waals surface area (Å²) in [6, 6.07) is 3.54.